The van der Waals surface area contributed by atoms with Crippen molar-refractivity contribution >= 4 is 39.9 Å². The van der Waals surface area contributed by atoms with Crippen LogP contribution in [0.25, 0.3) is 0 Å². The summed E-state index contributed by atoms with van der Waals surface area (Å²) in [4.78, 5) is 28.3. The van der Waals surface area contributed by atoms with Crippen LogP contribution in [0.3, 0.4) is 0 Å². The minimum atomic E-state index is -0.961. The number of carbonyl (C=O) groups excluding carboxylic acids is 2. The summed E-state index contributed by atoms with van der Waals surface area (Å²) in [5.74, 6) is -0.580. The number of nitrogens with zero attached hydrogens (tertiary/aromatic N) is 3. The maximum Gasteiger partial charge on any atom is 0.296 e. The van der Waals surface area contributed by atoms with Crippen LogP contribution in [0.15, 0.2) is 80.8 Å². The van der Waals surface area contributed by atoms with E-state index in [0.717, 1.165) is 36.2 Å². The molecule has 1 aliphatic heterocycles. The van der Waals surface area contributed by atoms with Crippen molar-refractivity contribution in [2.24, 2.45) is 0 Å². The molecule has 4 aromatic rings. The highest BCUT2D eigenvalue weighted by Gasteiger charge is 2.46. The lowest BCUT2D eigenvalue weighted by Crippen LogP contribution is -2.31. The second-order valence-corrected chi connectivity index (χ2v) is 11.6. The average Bonchev–Trinajstić information content (AvgIpc) is 3.69. The van der Waals surface area contributed by atoms with Crippen molar-refractivity contribution in [1.29, 1.82) is 0 Å². The molecule has 0 bridgehead atoms. The fourth-order valence-electron chi connectivity index (χ4n) is 4.41. The third-order valence-corrected chi connectivity index (χ3v) is 8.63. The van der Waals surface area contributed by atoms with Crippen LogP contribution in [-0.4, -0.2) is 33.6 Å². The molecule has 11 heteroatoms. The van der Waals surface area contributed by atoms with E-state index < -0.39 is 23.5 Å². The molecular formula is C30H28FN3O5S2. The average molecular weight is 594 g/mol. The largest absolute Gasteiger partial charge is 0.503 e. The van der Waals surface area contributed by atoms with Crippen LogP contribution in [0.4, 0.5) is 9.52 Å². The predicted molar refractivity (Wildman–Crippen MR) is 155 cm³/mol. The van der Waals surface area contributed by atoms with E-state index in [1.54, 1.807) is 49.4 Å². The molecule has 1 atom stereocenters. The van der Waals surface area contributed by atoms with Gasteiger partial charge >= 0.3 is 0 Å². The molecule has 0 saturated heterocycles. The maximum absolute atomic E-state index is 13.6. The molecule has 0 fully saturated rings. The van der Waals surface area contributed by atoms with E-state index in [2.05, 4.69) is 17.1 Å². The van der Waals surface area contributed by atoms with E-state index >= 15 is 0 Å². The number of ether oxygens (including phenoxy) is 1. The summed E-state index contributed by atoms with van der Waals surface area (Å²) in [6.07, 6.45) is 3.11. The molecule has 1 N–H and O–H groups in total. The van der Waals surface area contributed by atoms with Gasteiger partial charge in [-0.25, -0.2) is 4.39 Å². The number of halogens is 1. The molecule has 41 heavy (non-hydrogen) atoms. The number of aliphatic hydroxyl groups is 1. The van der Waals surface area contributed by atoms with Crippen molar-refractivity contribution in [2.45, 2.75) is 49.2 Å². The lowest BCUT2D eigenvalue weighted by molar-refractivity contribution is -0.117. The van der Waals surface area contributed by atoms with Crippen LogP contribution in [0.1, 0.15) is 59.7 Å². The summed E-state index contributed by atoms with van der Waals surface area (Å²) in [5, 5.41) is 19.7. The summed E-state index contributed by atoms with van der Waals surface area (Å²) in [5.41, 5.74) is 1.39. The van der Waals surface area contributed by atoms with Crippen LogP contribution in [0, 0.1) is 12.7 Å². The van der Waals surface area contributed by atoms with Crippen molar-refractivity contribution in [3.05, 3.63) is 100 Å². The number of Topliss-reactive ketones (excluding diaryl/α,β-unsaturated/α-hetero) is 1. The van der Waals surface area contributed by atoms with Crippen molar-refractivity contribution in [3.8, 4) is 5.75 Å². The summed E-state index contributed by atoms with van der Waals surface area (Å²) >= 11 is 2.55. The molecule has 0 saturated carbocycles. The fourth-order valence-corrected chi connectivity index (χ4v) is 6.23. The number of thioether (sulfide) groups is 1. The molecule has 5 rings (SSSR count). The van der Waals surface area contributed by atoms with E-state index in [1.807, 2.05) is 0 Å². The quantitative estimate of drug-likeness (QED) is 0.0794. The number of furan rings is 1. The summed E-state index contributed by atoms with van der Waals surface area (Å²) in [6, 6.07) is 15.5. The summed E-state index contributed by atoms with van der Waals surface area (Å²) < 4.78 is 25.2. The summed E-state index contributed by atoms with van der Waals surface area (Å²) in [6.45, 7) is 4.42. The Hall–Kier alpha value is -3.96. The minimum absolute atomic E-state index is 0.0207. The third kappa shape index (κ3) is 6.36. The zero-order valence-corrected chi connectivity index (χ0v) is 24.1. The Morgan fingerprint density at radius 2 is 1.85 bits per heavy atom. The Labute approximate surface area is 244 Å². The molecule has 0 radical (unpaired) electrons. The monoisotopic (exact) mass is 593 g/mol. The number of carbonyl (C=O) groups is 2. The lowest BCUT2D eigenvalue weighted by atomic mass is 9.95. The number of anilines is 1. The van der Waals surface area contributed by atoms with Gasteiger partial charge in [0.2, 0.25) is 10.9 Å². The SMILES string of the molecule is CCCCCOc1ccc(C2C(C(=O)c3ccc(C)o3)=C(O)C(=O)N2c2nnc(SCc3ccc(F)cc3)s2)cc1. The molecule has 1 aliphatic rings. The molecule has 0 aliphatic carbocycles. The van der Waals surface area contributed by atoms with Gasteiger partial charge in [0.05, 0.1) is 18.2 Å². The first-order valence-electron chi connectivity index (χ1n) is 13.2. The zero-order chi connectivity index (χ0) is 28.9. The number of amides is 1. The third-order valence-electron chi connectivity index (χ3n) is 6.51. The number of hydrogen-bond donors (Lipinski definition) is 1. The smallest absolute Gasteiger partial charge is 0.296 e. The number of benzene rings is 2. The van der Waals surface area contributed by atoms with Crippen molar-refractivity contribution in [3.63, 3.8) is 0 Å². The highest BCUT2D eigenvalue weighted by molar-refractivity contribution is 8.00. The number of hydrogen-bond acceptors (Lipinski definition) is 9. The molecule has 3 heterocycles. The van der Waals surface area contributed by atoms with E-state index in [0.29, 0.717) is 33.8 Å². The van der Waals surface area contributed by atoms with Gasteiger partial charge in [0.25, 0.3) is 5.91 Å². The van der Waals surface area contributed by atoms with Gasteiger partial charge in [-0.3, -0.25) is 14.5 Å². The molecule has 2 aromatic heterocycles. The number of aryl methyl sites for hydroxylation is 1. The highest BCUT2D eigenvalue weighted by Crippen LogP contribution is 2.44. The predicted octanol–water partition coefficient (Wildman–Crippen LogP) is 7.22. The Bertz CT molecular complexity index is 1560. The van der Waals surface area contributed by atoms with Gasteiger partial charge in [0.1, 0.15) is 17.3 Å². The van der Waals surface area contributed by atoms with Crippen LogP contribution in [0.5, 0.6) is 5.75 Å². The molecule has 1 amide bonds. The van der Waals surface area contributed by atoms with E-state index in [4.69, 9.17) is 9.15 Å². The van der Waals surface area contributed by atoms with Crippen molar-refractivity contribution < 1.29 is 28.2 Å². The van der Waals surface area contributed by atoms with Gasteiger partial charge in [-0.05, 0) is 60.9 Å². The van der Waals surface area contributed by atoms with E-state index in [-0.39, 0.29) is 22.3 Å². The second-order valence-electron chi connectivity index (χ2n) is 9.47. The van der Waals surface area contributed by atoms with Crippen molar-refractivity contribution in [1.82, 2.24) is 10.2 Å². The van der Waals surface area contributed by atoms with Gasteiger partial charge in [-0.1, -0.05) is 67.1 Å². The normalized spacial score (nSPS) is 15.1. The Balaban J connectivity index is 1.44. The zero-order valence-electron chi connectivity index (χ0n) is 22.5. The Morgan fingerprint density at radius 3 is 2.54 bits per heavy atom. The summed E-state index contributed by atoms with van der Waals surface area (Å²) in [7, 11) is 0. The highest BCUT2D eigenvalue weighted by atomic mass is 32.2. The van der Waals surface area contributed by atoms with E-state index in [9.17, 15) is 19.1 Å². The minimum Gasteiger partial charge on any atom is -0.503 e. The maximum atomic E-state index is 13.6. The van der Waals surface area contributed by atoms with Gasteiger partial charge in [0, 0.05) is 5.75 Å². The van der Waals surface area contributed by atoms with Crippen LogP contribution >= 0.6 is 23.1 Å². The molecule has 8 nitrogen and oxygen atoms in total. The standard InChI is InChI=1S/C30H28FN3O5S2/c1-3-4-5-16-38-22-13-9-20(10-14-22)25-24(26(35)23-15-6-18(2)39-23)27(36)28(37)34(25)29-32-33-30(41-29)40-17-19-7-11-21(31)12-8-19/h6-15,25,36H,3-5,16-17H2,1-2H3. The Morgan fingerprint density at radius 1 is 1.10 bits per heavy atom. The van der Waals surface area contributed by atoms with Crippen molar-refractivity contribution in [2.75, 3.05) is 11.5 Å². The number of aromatic nitrogens is 2. The van der Waals surface area contributed by atoms with Gasteiger partial charge in [0.15, 0.2) is 15.9 Å². The molecule has 212 valence electrons. The van der Waals surface area contributed by atoms with Gasteiger partial charge in [-0.2, -0.15) is 0 Å². The van der Waals surface area contributed by atoms with Crippen LogP contribution in [-0.2, 0) is 10.5 Å². The molecule has 1 unspecified atom stereocenters. The molecule has 2 aromatic carbocycles. The molecular weight excluding hydrogens is 565 g/mol. The molecule has 0 spiro atoms. The first kappa shape index (κ1) is 28.6. The second kappa shape index (κ2) is 12.7. The lowest BCUT2D eigenvalue weighted by Gasteiger charge is -2.24. The fraction of sp³-hybridized carbons (Fsp3) is 0.267. The number of ketones is 1. The topological polar surface area (TPSA) is 106 Å². The first-order chi connectivity index (χ1) is 19.9. The Kier molecular flexibility index (Phi) is 8.84. The number of unbranched alkanes of at least 4 members (excludes halogenated alkanes) is 2. The number of aliphatic hydroxyl groups excluding tert-OH is 1. The van der Waals surface area contributed by atoms with Crippen LogP contribution < -0.4 is 9.64 Å². The van der Waals surface area contributed by atoms with E-state index in [1.165, 1.54) is 34.9 Å². The van der Waals surface area contributed by atoms with Gasteiger partial charge < -0.3 is 14.3 Å². The van der Waals surface area contributed by atoms with Crippen LogP contribution in [0.2, 0.25) is 0 Å². The van der Waals surface area contributed by atoms with Gasteiger partial charge in [-0.15, -0.1) is 10.2 Å². The first-order valence-corrected chi connectivity index (χ1v) is 15.0. The number of rotatable bonds is 12.